The molecule has 0 spiro atoms. The number of hydrogen-bond donors (Lipinski definition) is 3. The van der Waals surface area contributed by atoms with E-state index in [0.717, 1.165) is 28.6 Å². The number of benzene rings is 1. The van der Waals surface area contributed by atoms with Crippen molar-refractivity contribution in [3.8, 4) is 11.4 Å². The lowest BCUT2D eigenvalue weighted by Crippen LogP contribution is -2.47. The second kappa shape index (κ2) is 8.92. The number of nitrogens with zero attached hydrogens (tertiary/aromatic N) is 3. The number of aromatic nitrogens is 2. The summed E-state index contributed by atoms with van der Waals surface area (Å²) in [6.45, 7) is 6.04. The van der Waals surface area contributed by atoms with Gasteiger partial charge in [-0.25, -0.2) is 4.98 Å². The fraction of sp³-hybridized carbons (Fsp3) is 0.400. The van der Waals surface area contributed by atoms with Gasteiger partial charge in [0.05, 0.1) is 36.3 Å². The highest BCUT2D eigenvalue weighted by Gasteiger charge is 2.44. The van der Waals surface area contributed by atoms with Gasteiger partial charge in [-0.15, -0.1) is 0 Å². The minimum atomic E-state index is -1.66. The number of oxime groups is 1. The summed E-state index contributed by atoms with van der Waals surface area (Å²) in [6.07, 6.45) is 0.477. The Morgan fingerprint density at radius 2 is 2.18 bits per heavy atom. The fourth-order valence-corrected chi connectivity index (χ4v) is 4.76. The van der Waals surface area contributed by atoms with Crippen LogP contribution in [0.1, 0.15) is 42.5 Å². The summed E-state index contributed by atoms with van der Waals surface area (Å²) in [6, 6.07) is 9.51. The normalized spacial score (nSPS) is 21.0. The van der Waals surface area contributed by atoms with Gasteiger partial charge in [-0.2, -0.15) is 0 Å². The minimum absolute atomic E-state index is 0.0579. The van der Waals surface area contributed by atoms with Gasteiger partial charge >= 0.3 is 0 Å². The zero-order chi connectivity index (χ0) is 23.9. The molecule has 3 N–H and O–H groups in total. The average Bonchev–Trinajstić information content (AvgIpc) is 3.22. The molecule has 2 aliphatic rings. The Bertz CT molecular complexity index is 1340. The van der Waals surface area contributed by atoms with Crippen LogP contribution in [-0.4, -0.2) is 52.0 Å². The molecule has 0 saturated carbocycles. The van der Waals surface area contributed by atoms with E-state index in [2.05, 4.69) is 10.5 Å². The van der Waals surface area contributed by atoms with Crippen molar-refractivity contribution in [2.45, 2.75) is 45.3 Å². The summed E-state index contributed by atoms with van der Waals surface area (Å²) < 4.78 is 6.99. The van der Waals surface area contributed by atoms with Crippen molar-refractivity contribution in [2.24, 2.45) is 5.16 Å². The van der Waals surface area contributed by atoms with Gasteiger partial charge in [-0.1, -0.05) is 37.2 Å². The van der Waals surface area contributed by atoms with E-state index in [1.165, 1.54) is 0 Å². The first-order chi connectivity index (χ1) is 16.5. The number of pyridine rings is 2. The Morgan fingerprint density at radius 3 is 2.97 bits per heavy atom. The zero-order valence-corrected chi connectivity index (χ0v) is 19.2. The zero-order valence-electron chi connectivity index (χ0n) is 19.2. The monoisotopic (exact) mass is 464 g/mol. The summed E-state index contributed by atoms with van der Waals surface area (Å²) in [7, 11) is 0. The Hall–Kier alpha value is -3.11. The maximum absolute atomic E-state index is 13.4. The van der Waals surface area contributed by atoms with Crippen LogP contribution >= 0.6 is 0 Å². The van der Waals surface area contributed by atoms with Crippen molar-refractivity contribution < 1.29 is 19.8 Å². The molecule has 0 saturated heterocycles. The molecule has 9 nitrogen and oxygen atoms in total. The van der Waals surface area contributed by atoms with Crippen molar-refractivity contribution in [3.05, 3.63) is 62.9 Å². The summed E-state index contributed by atoms with van der Waals surface area (Å²) in [5.74, 6) is 0. The van der Waals surface area contributed by atoms with E-state index in [0.29, 0.717) is 42.2 Å². The van der Waals surface area contributed by atoms with Gasteiger partial charge in [0, 0.05) is 34.2 Å². The highest BCUT2D eigenvalue weighted by atomic mass is 16.6. The number of nitrogens with one attached hydrogen (secondary N) is 1. The number of hydrogen-bond acceptors (Lipinski definition) is 8. The van der Waals surface area contributed by atoms with Crippen LogP contribution in [0.3, 0.4) is 0 Å². The van der Waals surface area contributed by atoms with Gasteiger partial charge < -0.3 is 29.7 Å². The van der Waals surface area contributed by atoms with Crippen LogP contribution in [0.5, 0.6) is 0 Å². The molecule has 1 unspecified atom stereocenters. The first-order valence-corrected chi connectivity index (χ1v) is 11.6. The lowest BCUT2D eigenvalue weighted by molar-refractivity contribution is -0.236. The van der Waals surface area contributed by atoms with Crippen LogP contribution in [0.4, 0.5) is 0 Å². The smallest absolute Gasteiger partial charge is 0.257 e. The molecule has 9 heteroatoms. The Morgan fingerprint density at radius 1 is 1.35 bits per heavy atom. The Labute approximate surface area is 196 Å². The molecular weight excluding hydrogens is 436 g/mol. The molecule has 4 heterocycles. The summed E-state index contributed by atoms with van der Waals surface area (Å²) >= 11 is 0. The highest BCUT2D eigenvalue weighted by molar-refractivity contribution is 6.02. The molecule has 0 aliphatic carbocycles. The summed E-state index contributed by atoms with van der Waals surface area (Å²) in [5.41, 5.74) is 2.58. The van der Waals surface area contributed by atoms with Crippen LogP contribution in [0.25, 0.3) is 22.3 Å². The molecule has 5 rings (SSSR count). The van der Waals surface area contributed by atoms with Crippen molar-refractivity contribution in [3.63, 3.8) is 0 Å². The molecular formula is C25H28N4O5. The molecule has 2 atom stereocenters. The summed E-state index contributed by atoms with van der Waals surface area (Å²) in [5, 5.41) is 29.8. The molecule has 2 aromatic heterocycles. The quantitative estimate of drug-likeness (QED) is 0.217. The number of rotatable bonds is 7. The van der Waals surface area contributed by atoms with E-state index in [9.17, 15) is 15.0 Å². The first-order valence-electron chi connectivity index (χ1n) is 11.6. The molecule has 3 aromatic rings. The van der Waals surface area contributed by atoms with Crippen molar-refractivity contribution >= 4 is 17.1 Å². The SMILES string of the molecule is CCNCCO/N=C/c1c2c(nc3ccccc13)-c1cc3c(c(=O)n1C2)COC(O)[C@]3(O)CC. The maximum atomic E-state index is 13.4. The number of fused-ring (bicyclic) bond motifs is 5. The molecule has 0 radical (unpaired) electrons. The van der Waals surface area contributed by atoms with E-state index in [-0.39, 0.29) is 18.6 Å². The molecule has 0 amide bonds. The number of likely N-dealkylation sites (N-methyl/N-ethyl adjacent to an activating group) is 1. The van der Waals surface area contributed by atoms with Gasteiger partial charge in [0.1, 0.15) is 12.2 Å². The highest BCUT2D eigenvalue weighted by Crippen LogP contribution is 2.40. The van der Waals surface area contributed by atoms with E-state index < -0.39 is 11.9 Å². The number of aliphatic hydroxyl groups is 2. The van der Waals surface area contributed by atoms with Crippen molar-refractivity contribution in [1.82, 2.24) is 14.9 Å². The van der Waals surface area contributed by atoms with Gasteiger partial charge in [0.15, 0.2) is 6.29 Å². The minimum Gasteiger partial charge on any atom is -0.394 e. The predicted octanol–water partition coefficient (Wildman–Crippen LogP) is 1.83. The molecule has 178 valence electrons. The van der Waals surface area contributed by atoms with E-state index >= 15 is 0 Å². The average molecular weight is 465 g/mol. The lowest BCUT2D eigenvalue weighted by Gasteiger charge is -2.37. The molecule has 2 aliphatic heterocycles. The van der Waals surface area contributed by atoms with Crippen LogP contribution in [0.2, 0.25) is 0 Å². The van der Waals surface area contributed by atoms with Crippen LogP contribution in [0.15, 0.2) is 40.3 Å². The second-order valence-corrected chi connectivity index (χ2v) is 8.55. The fourth-order valence-electron chi connectivity index (χ4n) is 4.76. The lowest BCUT2D eigenvalue weighted by atomic mass is 9.85. The van der Waals surface area contributed by atoms with E-state index in [4.69, 9.17) is 14.6 Å². The van der Waals surface area contributed by atoms with Crippen LogP contribution < -0.4 is 10.9 Å². The maximum Gasteiger partial charge on any atom is 0.257 e. The van der Waals surface area contributed by atoms with Crippen molar-refractivity contribution in [1.29, 1.82) is 0 Å². The molecule has 0 bridgehead atoms. The second-order valence-electron chi connectivity index (χ2n) is 8.55. The predicted molar refractivity (Wildman–Crippen MR) is 128 cm³/mol. The largest absolute Gasteiger partial charge is 0.394 e. The van der Waals surface area contributed by atoms with Crippen molar-refractivity contribution in [2.75, 3.05) is 19.7 Å². The van der Waals surface area contributed by atoms with E-state index in [1.54, 1.807) is 23.8 Å². The van der Waals surface area contributed by atoms with Gasteiger partial charge in [0.25, 0.3) is 5.56 Å². The van der Waals surface area contributed by atoms with Gasteiger partial charge in [-0.3, -0.25) is 4.79 Å². The first kappa shape index (κ1) is 22.7. The number of ether oxygens (including phenoxy) is 1. The Balaban J connectivity index is 1.64. The van der Waals surface area contributed by atoms with Crippen LogP contribution in [-0.2, 0) is 28.3 Å². The Kier molecular flexibility index (Phi) is 5.95. The standard InChI is InChI=1S/C25H28N4O5/c1-3-25(32)19-11-21-22-17(13-29(21)23(30)18(19)14-33-24(25)31)16(12-27-34-10-9-26-4-2)15-7-5-6-8-20(15)28-22/h5-8,11-12,24,26,31-32H,3-4,9-10,13-14H2,1-2H3/b27-12+/t24?,25-/m0/s1. The topological polar surface area (TPSA) is 118 Å². The third-order valence-corrected chi connectivity index (χ3v) is 6.67. The van der Waals surface area contributed by atoms with Crippen LogP contribution in [0, 0.1) is 0 Å². The molecule has 34 heavy (non-hydrogen) atoms. The number of aliphatic hydroxyl groups excluding tert-OH is 1. The molecule has 1 aromatic carbocycles. The van der Waals surface area contributed by atoms with Gasteiger partial charge in [0.2, 0.25) is 0 Å². The van der Waals surface area contributed by atoms with E-state index in [1.807, 2.05) is 31.2 Å². The third kappa shape index (κ3) is 3.52. The molecule has 0 fully saturated rings. The number of para-hydroxylation sites is 1. The summed E-state index contributed by atoms with van der Waals surface area (Å²) in [4.78, 5) is 23.7. The van der Waals surface area contributed by atoms with Gasteiger partial charge in [-0.05, 0) is 25.1 Å². The third-order valence-electron chi connectivity index (χ3n) is 6.67.